The van der Waals surface area contributed by atoms with E-state index in [4.69, 9.17) is 9.72 Å². The first-order valence-electron chi connectivity index (χ1n) is 9.83. The van der Waals surface area contributed by atoms with Gasteiger partial charge in [-0.2, -0.15) is 0 Å². The Morgan fingerprint density at radius 2 is 2.10 bits per heavy atom. The third kappa shape index (κ3) is 3.81. The number of rotatable bonds is 5. The fourth-order valence-electron chi connectivity index (χ4n) is 3.54. The number of carbonyl (C=O) groups excluding carboxylic acids is 1. The van der Waals surface area contributed by atoms with Crippen molar-refractivity contribution in [3.63, 3.8) is 0 Å². The van der Waals surface area contributed by atoms with Crippen LogP contribution in [-0.2, 0) is 11.3 Å². The highest BCUT2D eigenvalue weighted by atomic mass is 16.5. The minimum atomic E-state index is -0.611. The molecule has 3 heterocycles. The lowest BCUT2D eigenvalue weighted by Crippen LogP contribution is -2.49. The Morgan fingerprint density at radius 3 is 2.93 bits per heavy atom. The number of benzene rings is 1. The molecule has 1 aliphatic rings. The molecule has 1 aliphatic heterocycles. The number of hydrogen-bond acceptors (Lipinski definition) is 5. The predicted octanol–water partition coefficient (Wildman–Crippen LogP) is 2.30. The number of amides is 1. The Kier molecular flexibility index (Phi) is 5.20. The number of nitrogens with zero attached hydrogens (tertiary/aromatic N) is 3. The Balaban J connectivity index is 1.66. The molecular formula is C22H24N4O3. The number of aryl methyl sites for hydroxylation is 1. The second-order valence-electron chi connectivity index (χ2n) is 7.22. The second kappa shape index (κ2) is 7.95. The Bertz CT molecular complexity index is 1110. The highest BCUT2D eigenvalue weighted by Gasteiger charge is 2.30. The summed E-state index contributed by atoms with van der Waals surface area (Å²) >= 11 is 0. The zero-order valence-electron chi connectivity index (χ0n) is 16.6. The van der Waals surface area contributed by atoms with E-state index in [1.807, 2.05) is 55.1 Å². The molecule has 0 unspecified atom stereocenters. The van der Waals surface area contributed by atoms with Crippen LogP contribution in [0.5, 0.6) is 5.75 Å². The van der Waals surface area contributed by atoms with Gasteiger partial charge >= 0.3 is 0 Å². The van der Waals surface area contributed by atoms with Crippen LogP contribution in [0.15, 0.2) is 53.5 Å². The summed E-state index contributed by atoms with van der Waals surface area (Å²) in [5.74, 6) is 0.526. The number of nitrogens with one attached hydrogen (secondary N) is 1. The zero-order chi connectivity index (χ0) is 20.4. The van der Waals surface area contributed by atoms with Crippen LogP contribution >= 0.6 is 0 Å². The van der Waals surface area contributed by atoms with Crippen molar-refractivity contribution in [1.82, 2.24) is 14.7 Å². The minimum absolute atomic E-state index is 0.118. The van der Waals surface area contributed by atoms with Crippen LogP contribution in [0.3, 0.4) is 0 Å². The molecule has 3 aromatic rings. The van der Waals surface area contributed by atoms with Crippen LogP contribution in [0, 0.1) is 6.92 Å². The van der Waals surface area contributed by atoms with Crippen molar-refractivity contribution < 1.29 is 9.53 Å². The van der Waals surface area contributed by atoms with Gasteiger partial charge in [0.1, 0.15) is 11.4 Å². The molecule has 150 valence electrons. The second-order valence-corrected chi connectivity index (χ2v) is 7.22. The average molecular weight is 392 g/mol. The first kappa shape index (κ1) is 19.0. The van der Waals surface area contributed by atoms with Crippen LogP contribution in [0.4, 0.5) is 5.69 Å². The number of ether oxygens (including phenoxy) is 1. The van der Waals surface area contributed by atoms with Crippen LogP contribution in [-0.4, -0.2) is 34.5 Å². The number of hydrogen-bond donors (Lipinski definition) is 1. The van der Waals surface area contributed by atoms with Gasteiger partial charge in [-0.25, -0.2) is 4.98 Å². The van der Waals surface area contributed by atoms with Gasteiger partial charge in [0.15, 0.2) is 6.10 Å². The maximum Gasteiger partial charge on any atom is 0.262 e. The summed E-state index contributed by atoms with van der Waals surface area (Å²) in [7, 11) is 0. The van der Waals surface area contributed by atoms with Gasteiger partial charge in [-0.3, -0.25) is 14.0 Å². The van der Waals surface area contributed by atoms with E-state index < -0.39 is 6.10 Å². The highest BCUT2D eigenvalue weighted by molar-refractivity contribution is 5.83. The van der Waals surface area contributed by atoms with Crippen LogP contribution < -0.4 is 20.5 Å². The molecule has 29 heavy (non-hydrogen) atoms. The molecule has 0 spiro atoms. The maximum atomic E-state index is 12.5. The molecule has 1 aromatic carbocycles. The van der Waals surface area contributed by atoms with Gasteiger partial charge in [0, 0.05) is 18.8 Å². The van der Waals surface area contributed by atoms with Crippen molar-refractivity contribution in [2.75, 3.05) is 18.0 Å². The summed E-state index contributed by atoms with van der Waals surface area (Å²) in [6.45, 7) is 5.36. The number of fused-ring (bicyclic) bond motifs is 2. The first-order valence-corrected chi connectivity index (χ1v) is 9.83. The molecule has 0 fully saturated rings. The molecule has 4 rings (SSSR count). The first-order chi connectivity index (χ1) is 14.1. The standard InChI is InChI=1S/C22H24N4O3/c1-3-10-23-22(28)19-14-25(17-8-4-5-9-18(17)29-19)13-16-12-20(27)26-11-6-7-15(2)21(26)24-16/h4-9,11-12,19H,3,10,13-14H2,1-2H3,(H,23,28)/t19-/m0/s1. The van der Waals surface area contributed by atoms with Crippen molar-refractivity contribution >= 4 is 17.2 Å². The van der Waals surface area contributed by atoms with E-state index in [1.54, 1.807) is 16.7 Å². The van der Waals surface area contributed by atoms with Gasteiger partial charge in [0.05, 0.1) is 24.5 Å². The molecule has 1 amide bonds. The summed E-state index contributed by atoms with van der Waals surface area (Å²) in [5, 5.41) is 2.90. The third-order valence-electron chi connectivity index (χ3n) is 5.00. The lowest BCUT2D eigenvalue weighted by molar-refractivity contribution is -0.127. The summed E-state index contributed by atoms with van der Waals surface area (Å²) in [5.41, 5.74) is 3.01. The molecule has 7 heteroatoms. The molecule has 0 radical (unpaired) electrons. The van der Waals surface area contributed by atoms with E-state index in [-0.39, 0.29) is 11.5 Å². The van der Waals surface area contributed by atoms with E-state index in [2.05, 4.69) is 5.32 Å². The Morgan fingerprint density at radius 1 is 1.28 bits per heavy atom. The van der Waals surface area contributed by atoms with E-state index in [9.17, 15) is 9.59 Å². The number of carbonyl (C=O) groups is 1. The van der Waals surface area contributed by atoms with Gasteiger partial charge in [0.25, 0.3) is 11.5 Å². The summed E-state index contributed by atoms with van der Waals surface area (Å²) in [4.78, 5) is 31.8. The van der Waals surface area contributed by atoms with Gasteiger partial charge in [-0.05, 0) is 37.1 Å². The molecule has 0 bridgehead atoms. The number of aromatic nitrogens is 2. The smallest absolute Gasteiger partial charge is 0.262 e. The summed E-state index contributed by atoms with van der Waals surface area (Å²) in [6, 6.07) is 12.9. The number of para-hydroxylation sites is 2. The van der Waals surface area contributed by atoms with Crippen LogP contribution in [0.2, 0.25) is 0 Å². The molecule has 0 saturated carbocycles. The monoisotopic (exact) mass is 392 g/mol. The van der Waals surface area contributed by atoms with Gasteiger partial charge in [0.2, 0.25) is 0 Å². The normalized spacial score (nSPS) is 15.7. The molecule has 0 saturated heterocycles. The SMILES string of the molecule is CCCNC(=O)[C@@H]1CN(Cc2cc(=O)n3cccc(C)c3n2)c2ccccc2O1. The quantitative estimate of drug-likeness (QED) is 0.721. The van der Waals surface area contributed by atoms with Gasteiger partial charge in [-0.1, -0.05) is 25.1 Å². The molecule has 1 atom stereocenters. The largest absolute Gasteiger partial charge is 0.477 e. The molecular weight excluding hydrogens is 368 g/mol. The van der Waals surface area contributed by atoms with Gasteiger partial charge in [-0.15, -0.1) is 0 Å². The number of anilines is 1. The van der Waals surface area contributed by atoms with Crippen LogP contribution in [0.25, 0.3) is 5.65 Å². The average Bonchev–Trinajstić information content (AvgIpc) is 2.73. The Hall–Kier alpha value is -3.35. The lowest BCUT2D eigenvalue weighted by Gasteiger charge is -2.35. The van der Waals surface area contributed by atoms with Crippen molar-refractivity contribution in [2.45, 2.75) is 32.9 Å². The fraction of sp³-hybridized carbons (Fsp3) is 0.318. The van der Waals surface area contributed by atoms with E-state index >= 15 is 0 Å². The molecule has 1 N–H and O–H groups in total. The zero-order valence-corrected chi connectivity index (χ0v) is 16.6. The highest BCUT2D eigenvalue weighted by Crippen LogP contribution is 2.33. The maximum absolute atomic E-state index is 12.5. The van der Waals surface area contributed by atoms with Crippen molar-refractivity contribution in [3.8, 4) is 5.75 Å². The van der Waals surface area contributed by atoms with Crippen LogP contribution in [0.1, 0.15) is 24.6 Å². The van der Waals surface area contributed by atoms with E-state index in [1.165, 1.54) is 0 Å². The number of pyridine rings is 1. The molecule has 0 aliphatic carbocycles. The molecule has 7 nitrogen and oxygen atoms in total. The van der Waals surface area contributed by atoms with Crippen molar-refractivity contribution in [1.29, 1.82) is 0 Å². The lowest BCUT2D eigenvalue weighted by atomic mass is 10.1. The van der Waals surface area contributed by atoms with Crippen molar-refractivity contribution in [2.24, 2.45) is 0 Å². The molecule has 2 aromatic heterocycles. The Labute approximate surface area is 168 Å². The fourth-order valence-corrected chi connectivity index (χ4v) is 3.54. The minimum Gasteiger partial charge on any atom is -0.477 e. The van der Waals surface area contributed by atoms with E-state index in [0.29, 0.717) is 36.7 Å². The topological polar surface area (TPSA) is 75.9 Å². The summed E-state index contributed by atoms with van der Waals surface area (Å²) in [6.07, 6.45) is 1.97. The third-order valence-corrected chi connectivity index (χ3v) is 5.00. The predicted molar refractivity (Wildman–Crippen MR) is 111 cm³/mol. The van der Waals surface area contributed by atoms with Crippen molar-refractivity contribution in [3.05, 3.63) is 70.3 Å². The van der Waals surface area contributed by atoms with Gasteiger partial charge < -0.3 is 15.0 Å². The summed E-state index contributed by atoms with van der Waals surface area (Å²) < 4.78 is 7.48. The van der Waals surface area contributed by atoms with E-state index in [0.717, 1.165) is 17.7 Å².